The lowest BCUT2D eigenvalue weighted by molar-refractivity contribution is -0.112. The molecule has 13 heavy (non-hydrogen) atoms. The molecule has 70 valence electrons. The number of halogens is 3. The summed E-state index contributed by atoms with van der Waals surface area (Å²) in [5, 5.41) is 0.470. The van der Waals surface area contributed by atoms with Crippen molar-refractivity contribution in [3.05, 3.63) is 33.8 Å². The van der Waals surface area contributed by atoms with Gasteiger partial charge in [-0.2, -0.15) is 0 Å². The average Bonchev–Trinajstić information content (AvgIpc) is 2.03. The molecule has 0 aromatic heterocycles. The summed E-state index contributed by atoms with van der Waals surface area (Å²) in [4.78, 5) is 10.9. The monoisotopic (exact) mass is 236 g/mol. The Morgan fingerprint density at radius 2 is 1.77 bits per heavy atom. The molecule has 0 radical (unpaired) electrons. The van der Waals surface area contributed by atoms with Crippen LogP contribution < -0.4 is 0 Å². The van der Waals surface area contributed by atoms with Crippen molar-refractivity contribution in [1.29, 1.82) is 0 Å². The van der Waals surface area contributed by atoms with Crippen molar-refractivity contribution in [1.82, 2.24) is 0 Å². The zero-order valence-electron chi connectivity index (χ0n) is 6.85. The highest BCUT2D eigenvalue weighted by Crippen LogP contribution is 2.32. The van der Waals surface area contributed by atoms with Gasteiger partial charge in [-0.3, -0.25) is 4.79 Å². The number of rotatable bonds is 2. The van der Waals surface area contributed by atoms with Gasteiger partial charge in [0.05, 0.1) is 5.92 Å². The van der Waals surface area contributed by atoms with Gasteiger partial charge in [0.1, 0.15) is 0 Å². The molecule has 0 amide bonds. The van der Waals surface area contributed by atoms with E-state index in [-0.39, 0.29) is 0 Å². The maximum absolute atomic E-state index is 10.9. The Morgan fingerprint density at radius 1 is 1.31 bits per heavy atom. The molecule has 0 aliphatic carbocycles. The molecule has 0 spiro atoms. The van der Waals surface area contributed by atoms with E-state index in [1.54, 1.807) is 25.1 Å². The van der Waals surface area contributed by atoms with Gasteiger partial charge in [0.2, 0.25) is 5.24 Å². The smallest absolute Gasteiger partial charge is 0.228 e. The fourth-order valence-electron chi connectivity index (χ4n) is 1.04. The number of carbonyl (C=O) groups is 1. The summed E-state index contributed by atoms with van der Waals surface area (Å²) in [6, 6.07) is 5.08. The number of hydrogen-bond donors (Lipinski definition) is 0. The molecule has 1 atom stereocenters. The van der Waals surface area contributed by atoms with Gasteiger partial charge in [-0.25, -0.2) is 0 Å². The van der Waals surface area contributed by atoms with Crippen LogP contribution in [0.1, 0.15) is 18.4 Å². The van der Waals surface area contributed by atoms with Crippen molar-refractivity contribution in [3.8, 4) is 0 Å². The van der Waals surface area contributed by atoms with Crippen LogP contribution in [0.15, 0.2) is 18.2 Å². The molecule has 0 aliphatic rings. The van der Waals surface area contributed by atoms with Gasteiger partial charge in [0, 0.05) is 15.6 Å². The zero-order chi connectivity index (χ0) is 10.0. The SMILES string of the molecule is CC(C(=O)Cl)c1c(Cl)cccc1Cl. The number of hydrogen-bond acceptors (Lipinski definition) is 1. The summed E-state index contributed by atoms with van der Waals surface area (Å²) in [6.45, 7) is 1.67. The third-order valence-corrected chi connectivity index (χ3v) is 2.76. The molecule has 0 heterocycles. The molecule has 1 aromatic rings. The lowest BCUT2D eigenvalue weighted by Gasteiger charge is -2.10. The molecular weight excluding hydrogens is 230 g/mol. The van der Waals surface area contributed by atoms with Crippen LogP contribution in [0.25, 0.3) is 0 Å². The Hall–Kier alpha value is -0.240. The van der Waals surface area contributed by atoms with Crippen molar-refractivity contribution >= 4 is 40.0 Å². The van der Waals surface area contributed by atoms with Crippen LogP contribution in [-0.2, 0) is 4.79 Å². The first kappa shape index (κ1) is 10.8. The van der Waals surface area contributed by atoms with Crippen LogP contribution in [0, 0.1) is 0 Å². The Bertz CT molecular complexity index is 315. The van der Waals surface area contributed by atoms with Gasteiger partial charge in [-0.1, -0.05) is 36.2 Å². The molecule has 0 bridgehead atoms. The zero-order valence-corrected chi connectivity index (χ0v) is 9.12. The Morgan fingerprint density at radius 3 is 2.15 bits per heavy atom. The normalized spacial score (nSPS) is 12.6. The maximum atomic E-state index is 10.9. The average molecular weight is 238 g/mol. The molecule has 0 saturated heterocycles. The van der Waals surface area contributed by atoms with Gasteiger partial charge in [0.15, 0.2) is 0 Å². The fraction of sp³-hybridized carbons (Fsp3) is 0.222. The Labute approximate surface area is 91.6 Å². The van der Waals surface area contributed by atoms with Crippen LogP contribution in [-0.4, -0.2) is 5.24 Å². The predicted molar refractivity (Wildman–Crippen MR) is 55.7 cm³/mol. The summed E-state index contributed by atoms with van der Waals surface area (Å²) in [5.41, 5.74) is 0.589. The van der Waals surface area contributed by atoms with E-state index in [1.807, 2.05) is 0 Å². The van der Waals surface area contributed by atoms with E-state index < -0.39 is 11.2 Å². The van der Waals surface area contributed by atoms with Crippen molar-refractivity contribution < 1.29 is 4.79 Å². The van der Waals surface area contributed by atoms with Crippen LogP contribution >= 0.6 is 34.8 Å². The summed E-state index contributed by atoms with van der Waals surface area (Å²) < 4.78 is 0. The Balaban J connectivity index is 3.20. The van der Waals surface area contributed by atoms with Crippen LogP contribution in [0.5, 0.6) is 0 Å². The third-order valence-electron chi connectivity index (χ3n) is 1.77. The van der Waals surface area contributed by atoms with Crippen molar-refractivity contribution in [2.45, 2.75) is 12.8 Å². The third kappa shape index (κ3) is 2.37. The van der Waals surface area contributed by atoms with Crippen molar-refractivity contribution in [3.63, 3.8) is 0 Å². The number of carbonyl (C=O) groups excluding carboxylic acids is 1. The van der Waals surface area contributed by atoms with Gasteiger partial charge in [0.25, 0.3) is 0 Å². The second-order valence-electron chi connectivity index (χ2n) is 2.66. The van der Waals surface area contributed by atoms with E-state index in [1.165, 1.54) is 0 Å². The summed E-state index contributed by atoms with van der Waals surface area (Å²) in [7, 11) is 0. The first-order chi connectivity index (χ1) is 6.04. The number of benzene rings is 1. The van der Waals surface area contributed by atoms with E-state index >= 15 is 0 Å². The molecule has 4 heteroatoms. The highest BCUT2D eigenvalue weighted by Gasteiger charge is 2.18. The highest BCUT2D eigenvalue weighted by molar-refractivity contribution is 6.64. The van der Waals surface area contributed by atoms with Gasteiger partial charge < -0.3 is 0 Å². The van der Waals surface area contributed by atoms with E-state index in [9.17, 15) is 4.79 Å². The van der Waals surface area contributed by atoms with Crippen molar-refractivity contribution in [2.75, 3.05) is 0 Å². The topological polar surface area (TPSA) is 17.1 Å². The fourth-order valence-corrected chi connectivity index (χ4v) is 1.87. The van der Waals surface area contributed by atoms with Gasteiger partial charge in [-0.05, 0) is 23.7 Å². The molecule has 1 unspecified atom stereocenters. The Kier molecular flexibility index (Phi) is 3.60. The first-order valence-electron chi connectivity index (χ1n) is 3.67. The van der Waals surface area contributed by atoms with Crippen LogP contribution in [0.2, 0.25) is 10.0 Å². The molecular formula is C9H7Cl3O. The molecule has 0 N–H and O–H groups in total. The summed E-state index contributed by atoms with van der Waals surface area (Å²) in [5.74, 6) is -0.470. The minimum Gasteiger partial charge on any atom is -0.281 e. The van der Waals surface area contributed by atoms with E-state index in [0.29, 0.717) is 15.6 Å². The first-order valence-corrected chi connectivity index (χ1v) is 4.80. The largest absolute Gasteiger partial charge is 0.281 e. The van der Waals surface area contributed by atoms with E-state index in [2.05, 4.69) is 0 Å². The molecule has 0 fully saturated rings. The van der Waals surface area contributed by atoms with Gasteiger partial charge >= 0.3 is 0 Å². The predicted octanol–water partition coefficient (Wildman–Crippen LogP) is 3.86. The van der Waals surface area contributed by atoms with Gasteiger partial charge in [-0.15, -0.1) is 0 Å². The minimum atomic E-state index is -0.470. The molecule has 0 aliphatic heterocycles. The molecule has 1 nitrogen and oxygen atoms in total. The summed E-state index contributed by atoms with van der Waals surface area (Å²) >= 11 is 17.1. The molecule has 0 saturated carbocycles. The molecule has 1 aromatic carbocycles. The second-order valence-corrected chi connectivity index (χ2v) is 3.85. The standard InChI is InChI=1S/C9H7Cl3O/c1-5(9(12)13)8-6(10)3-2-4-7(8)11/h2-5H,1H3. The van der Waals surface area contributed by atoms with Crippen LogP contribution in [0.3, 0.4) is 0 Å². The molecule has 1 rings (SSSR count). The summed E-state index contributed by atoms with van der Waals surface area (Å²) in [6.07, 6.45) is 0. The highest BCUT2D eigenvalue weighted by atomic mass is 35.5. The van der Waals surface area contributed by atoms with Crippen LogP contribution in [0.4, 0.5) is 0 Å². The quantitative estimate of drug-likeness (QED) is 0.714. The van der Waals surface area contributed by atoms with E-state index in [0.717, 1.165) is 0 Å². The van der Waals surface area contributed by atoms with E-state index in [4.69, 9.17) is 34.8 Å². The minimum absolute atomic E-state index is 0.463. The second kappa shape index (κ2) is 4.32. The lowest BCUT2D eigenvalue weighted by atomic mass is 10.0. The maximum Gasteiger partial charge on any atom is 0.228 e. The lowest BCUT2D eigenvalue weighted by Crippen LogP contribution is -2.03. The van der Waals surface area contributed by atoms with Crippen molar-refractivity contribution in [2.24, 2.45) is 0 Å².